The highest BCUT2D eigenvalue weighted by Gasteiger charge is 2.09. The van der Waals surface area contributed by atoms with Crippen molar-refractivity contribution in [3.05, 3.63) is 46.8 Å². The minimum Gasteiger partial charge on any atom is -0.432 e. The van der Waals surface area contributed by atoms with Crippen LogP contribution in [-0.2, 0) is 13.1 Å². The van der Waals surface area contributed by atoms with Crippen molar-refractivity contribution in [1.82, 2.24) is 10.3 Å². The van der Waals surface area contributed by atoms with Gasteiger partial charge >= 0.3 is 0 Å². The Hall–Kier alpha value is -1.52. The molecule has 0 amide bonds. The van der Waals surface area contributed by atoms with Gasteiger partial charge in [-0.2, -0.15) is 4.98 Å². The summed E-state index contributed by atoms with van der Waals surface area (Å²) in [5.74, 6) is 0.629. The van der Waals surface area contributed by atoms with E-state index in [1.807, 2.05) is 36.2 Å². The molecule has 0 aliphatic heterocycles. The van der Waals surface area contributed by atoms with Crippen molar-refractivity contribution in [1.29, 1.82) is 0 Å². The quantitative estimate of drug-likeness (QED) is 0.846. The van der Waals surface area contributed by atoms with Gasteiger partial charge in [-0.25, -0.2) is 0 Å². The second-order valence-corrected chi connectivity index (χ2v) is 6.07. The van der Waals surface area contributed by atoms with Crippen molar-refractivity contribution in [3.8, 4) is 0 Å². The van der Waals surface area contributed by atoms with Crippen LogP contribution < -0.4 is 10.2 Å². The van der Waals surface area contributed by atoms with Gasteiger partial charge in [0.05, 0.1) is 5.69 Å². The molecule has 1 heterocycles. The van der Waals surface area contributed by atoms with Crippen LogP contribution in [0.25, 0.3) is 0 Å². The van der Waals surface area contributed by atoms with E-state index in [1.165, 1.54) is 5.56 Å². The molecule has 2 aromatic rings. The van der Waals surface area contributed by atoms with Crippen LogP contribution in [0.5, 0.6) is 0 Å². The second kappa shape index (κ2) is 7.48. The maximum Gasteiger partial charge on any atom is 0.297 e. The van der Waals surface area contributed by atoms with Gasteiger partial charge in [0.25, 0.3) is 6.01 Å². The Kier molecular flexibility index (Phi) is 5.65. The van der Waals surface area contributed by atoms with Crippen LogP contribution in [0.2, 0.25) is 5.02 Å². The average molecular weight is 308 g/mol. The summed E-state index contributed by atoms with van der Waals surface area (Å²) in [5, 5.41) is 4.10. The van der Waals surface area contributed by atoms with Crippen LogP contribution in [0.15, 0.2) is 34.9 Å². The number of rotatable bonds is 7. The Morgan fingerprint density at radius 2 is 2.00 bits per heavy atom. The SMILES string of the molecule is CC(C)CNCc1coc(N(C)Cc2ccc(Cl)cc2)n1. The van der Waals surface area contributed by atoms with Gasteiger partial charge in [-0.3, -0.25) is 0 Å². The fourth-order valence-electron chi connectivity index (χ4n) is 1.97. The van der Waals surface area contributed by atoms with Gasteiger partial charge < -0.3 is 14.6 Å². The van der Waals surface area contributed by atoms with E-state index in [-0.39, 0.29) is 0 Å². The van der Waals surface area contributed by atoms with Crippen LogP contribution in [0.1, 0.15) is 25.1 Å². The number of benzene rings is 1. The number of hydrogen-bond acceptors (Lipinski definition) is 4. The summed E-state index contributed by atoms with van der Waals surface area (Å²) < 4.78 is 5.53. The largest absolute Gasteiger partial charge is 0.432 e. The first-order valence-electron chi connectivity index (χ1n) is 7.15. The fraction of sp³-hybridized carbons (Fsp3) is 0.438. The number of nitrogens with one attached hydrogen (secondary N) is 1. The van der Waals surface area contributed by atoms with E-state index in [0.717, 1.165) is 30.4 Å². The van der Waals surface area contributed by atoms with Crippen LogP contribution in [0.4, 0.5) is 6.01 Å². The molecule has 0 aliphatic carbocycles. The fourth-order valence-corrected chi connectivity index (χ4v) is 2.10. The molecule has 0 saturated carbocycles. The maximum absolute atomic E-state index is 5.89. The summed E-state index contributed by atoms with van der Waals surface area (Å²) in [4.78, 5) is 6.47. The minimum absolute atomic E-state index is 0.629. The van der Waals surface area contributed by atoms with Gasteiger partial charge in [-0.1, -0.05) is 37.6 Å². The van der Waals surface area contributed by atoms with Crippen molar-refractivity contribution < 1.29 is 4.42 Å². The lowest BCUT2D eigenvalue weighted by Gasteiger charge is -2.14. The smallest absolute Gasteiger partial charge is 0.297 e. The number of aromatic nitrogens is 1. The molecule has 1 aromatic carbocycles. The number of anilines is 1. The number of oxazole rings is 1. The summed E-state index contributed by atoms with van der Waals surface area (Å²) in [6.45, 7) is 6.80. The first-order chi connectivity index (χ1) is 10.0. The van der Waals surface area contributed by atoms with Crippen LogP contribution in [0, 0.1) is 5.92 Å². The van der Waals surface area contributed by atoms with Gasteiger partial charge in [0.1, 0.15) is 6.26 Å². The van der Waals surface area contributed by atoms with Crippen molar-refractivity contribution in [2.45, 2.75) is 26.9 Å². The molecule has 114 valence electrons. The van der Waals surface area contributed by atoms with Crippen LogP contribution in [0.3, 0.4) is 0 Å². The highest BCUT2D eigenvalue weighted by molar-refractivity contribution is 6.30. The molecule has 0 atom stereocenters. The Morgan fingerprint density at radius 3 is 2.67 bits per heavy atom. The lowest BCUT2D eigenvalue weighted by molar-refractivity contribution is 0.535. The highest BCUT2D eigenvalue weighted by Crippen LogP contribution is 2.16. The molecule has 2 rings (SSSR count). The first kappa shape index (κ1) is 15.9. The topological polar surface area (TPSA) is 41.3 Å². The lowest BCUT2D eigenvalue weighted by Crippen LogP contribution is -2.20. The predicted octanol–water partition coefficient (Wildman–Crippen LogP) is 3.71. The molecular formula is C16H22ClN3O. The normalized spacial score (nSPS) is 11.1. The molecule has 4 nitrogen and oxygen atoms in total. The van der Waals surface area contributed by atoms with Gasteiger partial charge in [-0.15, -0.1) is 0 Å². The third-order valence-corrected chi connectivity index (χ3v) is 3.31. The third-order valence-electron chi connectivity index (χ3n) is 3.06. The number of halogens is 1. The minimum atomic E-state index is 0.629. The molecule has 0 saturated heterocycles. The molecule has 0 unspecified atom stereocenters. The third kappa shape index (κ3) is 5.06. The summed E-state index contributed by atoms with van der Waals surface area (Å²) >= 11 is 5.89. The highest BCUT2D eigenvalue weighted by atomic mass is 35.5. The number of nitrogens with zero attached hydrogens (tertiary/aromatic N) is 2. The summed E-state index contributed by atoms with van der Waals surface area (Å²) in [5.41, 5.74) is 2.09. The molecule has 0 spiro atoms. The zero-order chi connectivity index (χ0) is 15.2. The van der Waals surface area contributed by atoms with Crippen LogP contribution >= 0.6 is 11.6 Å². The standard InChI is InChI=1S/C16H22ClN3O/c1-12(2)8-18-9-15-11-21-16(19-15)20(3)10-13-4-6-14(17)7-5-13/h4-7,11-12,18H,8-10H2,1-3H3. The molecule has 5 heteroatoms. The average Bonchev–Trinajstić information content (AvgIpc) is 2.90. The lowest BCUT2D eigenvalue weighted by atomic mass is 10.2. The van der Waals surface area contributed by atoms with Gasteiger partial charge in [0.15, 0.2) is 0 Å². The summed E-state index contributed by atoms with van der Waals surface area (Å²) in [6, 6.07) is 8.43. The van der Waals surface area contributed by atoms with Crippen molar-refractivity contribution in [3.63, 3.8) is 0 Å². The van der Waals surface area contributed by atoms with Gasteiger partial charge in [0.2, 0.25) is 0 Å². The molecular weight excluding hydrogens is 286 g/mol. The van der Waals surface area contributed by atoms with E-state index in [9.17, 15) is 0 Å². The van der Waals surface area contributed by atoms with E-state index in [4.69, 9.17) is 16.0 Å². The molecule has 0 aliphatic rings. The molecule has 0 fully saturated rings. The molecule has 1 N–H and O–H groups in total. The zero-order valence-corrected chi connectivity index (χ0v) is 13.5. The van der Waals surface area contributed by atoms with Crippen molar-refractivity contribution >= 4 is 17.6 Å². The Bertz CT molecular complexity index is 551. The molecule has 1 aromatic heterocycles. The van der Waals surface area contributed by atoms with E-state index < -0.39 is 0 Å². The first-order valence-corrected chi connectivity index (χ1v) is 7.53. The summed E-state index contributed by atoms with van der Waals surface area (Å²) in [6.07, 6.45) is 1.71. The second-order valence-electron chi connectivity index (χ2n) is 5.63. The van der Waals surface area contributed by atoms with E-state index in [2.05, 4.69) is 24.1 Å². The molecule has 0 bridgehead atoms. The predicted molar refractivity (Wildman–Crippen MR) is 86.6 cm³/mol. The van der Waals surface area contributed by atoms with E-state index in [0.29, 0.717) is 11.9 Å². The van der Waals surface area contributed by atoms with Gasteiger partial charge in [-0.05, 0) is 30.2 Å². The summed E-state index contributed by atoms with van der Waals surface area (Å²) in [7, 11) is 1.96. The van der Waals surface area contributed by atoms with E-state index in [1.54, 1.807) is 6.26 Å². The zero-order valence-electron chi connectivity index (χ0n) is 12.8. The molecule has 0 radical (unpaired) electrons. The van der Waals surface area contributed by atoms with Crippen LogP contribution in [-0.4, -0.2) is 18.6 Å². The maximum atomic E-state index is 5.89. The Morgan fingerprint density at radius 1 is 1.29 bits per heavy atom. The monoisotopic (exact) mass is 307 g/mol. The Labute approximate surface area is 131 Å². The molecule has 21 heavy (non-hydrogen) atoms. The van der Waals surface area contributed by atoms with E-state index >= 15 is 0 Å². The Balaban J connectivity index is 1.89. The van der Waals surface area contributed by atoms with Crippen molar-refractivity contribution in [2.75, 3.05) is 18.5 Å². The van der Waals surface area contributed by atoms with Crippen molar-refractivity contribution in [2.24, 2.45) is 5.92 Å². The van der Waals surface area contributed by atoms with Gasteiger partial charge in [0, 0.05) is 25.2 Å². The number of hydrogen-bond donors (Lipinski definition) is 1.